The summed E-state index contributed by atoms with van der Waals surface area (Å²) in [4.78, 5) is 2.06. The number of piperazine rings is 1. The number of alkyl halides is 3. The third kappa shape index (κ3) is 3.56. The monoisotopic (exact) mass is 402 g/mol. The Morgan fingerprint density at radius 2 is 1.89 bits per heavy atom. The van der Waals surface area contributed by atoms with Crippen LogP contribution in [0.1, 0.15) is 17.8 Å². The van der Waals surface area contributed by atoms with E-state index in [9.17, 15) is 21.6 Å². The van der Waals surface area contributed by atoms with Crippen molar-refractivity contribution in [2.75, 3.05) is 25.4 Å². The first-order chi connectivity index (χ1) is 12.7. The van der Waals surface area contributed by atoms with Crippen molar-refractivity contribution in [3.63, 3.8) is 0 Å². The smallest absolute Gasteiger partial charge is 0.293 e. The first kappa shape index (κ1) is 18.3. The Hall–Kier alpha value is -2.05. The van der Waals surface area contributed by atoms with Gasteiger partial charge in [-0.25, -0.2) is 8.42 Å². The van der Waals surface area contributed by atoms with Gasteiger partial charge in [0.2, 0.25) is 10.0 Å². The summed E-state index contributed by atoms with van der Waals surface area (Å²) in [6, 6.07) is 4.58. The standard InChI is InChI=1S/C15H17F3N6O2S/c16-15(17,18)11-1-3-12(4-2-11)24-14(19-20-21-24)10-22-6-7-23-13(9-22)5-8-27(23,25)26/h1-4,13H,5-10H2. The van der Waals surface area contributed by atoms with Crippen molar-refractivity contribution in [3.05, 3.63) is 35.7 Å². The molecule has 0 N–H and O–H groups in total. The van der Waals surface area contributed by atoms with Crippen molar-refractivity contribution in [1.29, 1.82) is 0 Å². The number of aromatic nitrogens is 4. The zero-order valence-electron chi connectivity index (χ0n) is 14.2. The molecule has 2 fully saturated rings. The molecule has 4 rings (SSSR count). The van der Waals surface area contributed by atoms with E-state index in [4.69, 9.17) is 0 Å². The molecule has 3 heterocycles. The maximum atomic E-state index is 12.7. The molecule has 2 aliphatic heterocycles. The van der Waals surface area contributed by atoms with Gasteiger partial charge in [0.1, 0.15) is 0 Å². The largest absolute Gasteiger partial charge is 0.416 e. The van der Waals surface area contributed by atoms with Gasteiger partial charge in [0.15, 0.2) is 5.82 Å². The topological polar surface area (TPSA) is 84.2 Å². The molecular formula is C15H17F3N6O2S. The van der Waals surface area contributed by atoms with Gasteiger partial charge in [0.05, 0.1) is 23.5 Å². The Balaban J connectivity index is 1.49. The molecule has 1 aromatic heterocycles. The van der Waals surface area contributed by atoms with Crippen LogP contribution in [0.4, 0.5) is 13.2 Å². The Morgan fingerprint density at radius 1 is 1.15 bits per heavy atom. The van der Waals surface area contributed by atoms with E-state index in [2.05, 4.69) is 20.4 Å². The SMILES string of the molecule is O=S1(=O)CCC2CN(Cc3nnnn3-c3ccc(C(F)(F)F)cc3)CCN21. The minimum Gasteiger partial charge on any atom is -0.293 e. The normalized spacial score (nSPS) is 23.4. The molecule has 0 bridgehead atoms. The predicted molar refractivity (Wildman–Crippen MR) is 88.3 cm³/mol. The van der Waals surface area contributed by atoms with Crippen LogP contribution in [0.25, 0.3) is 5.69 Å². The molecule has 0 amide bonds. The van der Waals surface area contributed by atoms with Crippen LogP contribution < -0.4 is 0 Å². The molecular weight excluding hydrogens is 385 g/mol. The molecule has 2 aromatic rings. The predicted octanol–water partition coefficient (Wildman–Crippen LogP) is 0.901. The lowest BCUT2D eigenvalue weighted by Crippen LogP contribution is -2.51. The van der Waals surface area contributed by atoms with Crippen LogP contribution in [0.5, 0.6) is 0 Å². The number of tetrazole rings is 1. The molecule has 12 heteroatoms. The van der Waals surface area contributed by atoms with E-state index < -0.39 is 21.8 Å². The highest BCUT2D eigenvalue weighted by atomic mass is 32.2. The number of fused-ring (bicyclic) bond motifs is 1. The van der Waals surface area contributed by atoms with Crippen LogP contribution in [-0.4, -0.2) is 69.3 Å². The van der Waals surface area contributed by atoms with Crippen molar-refractivity contribution in [2.45, 2.75) is 25.2 Å². The van der Waals surface area contributed by atoms with Gasteiger partial charge in [-0.15, -0.1) is 5.10 Å². The van der Waals surface area contributed by atoms with Crippen molar-refractivity contribution >= 4 is 10.0 Å². The van der Waals surface area contributed by atoms with Crippen molar-refractivity contribution in [2.24, 2.45) is 0 Å². The molecule has 2 aliphatic rings. The average Bonchev–Trinajstić information content (AvgIpc) is 3.19. The summed E-state index contributed by atoms with van der Waals surface area (Å²) in [6.45, 7) is 1.95. The molecule has 0 aliphatic carbocycles. The molecule has 0 saturated carbocycles. The summed E-state index contributed by atoms with van der Waals surface area (Å²) >= 11 is 0. The minimum atomic E-state index is -4.40. The number of sulfonamides is 1. The van der Waals surface area contributed by atoms with Crippen molar-refractivity contribution in [3.8, 4) is 5.69 Å². The van der Waals surface area contributed by atoms with E-state index in [1.165, 1.54) is 16.8 Å². The first-order valence-corrected chi connectivity index (χ1v) is 10.0. The molecule has 1 unspecified atom stereocenters. The van der Waals surface area contributed by atoms with Gasteiger partial charge in [-0.2, -0.15) is 22.2 Å². The van der Waals surface area contributed by atoms with Gasteiger partial charge in [-0.3, -0.25) is 4.90 Å². The van der Waals surface area contributed by atoms with Gasteiger partial charge in [-0.1, -0.05) is 0 Å². The third-order valence-electron chi connectivity index (χ3n) is 4.92. The van der Waals surface area contributed by atoms with Crippen molar-refractivity contribution < 1.29 is 21.6 Å². The Bertz CT molecular complexity index is 928. The van der Waals surface area contributed by atoms with E-state index in [0.717, 1.165) is 12.1 Å². The van der Waals surface area contributed by atoms with Crippen LogP contribution in [0.2, 0.25) is 0 Å². The number of rotatable bonds is 3. The quantitative estimate of drug-likeness (QED) is 0.759. The zero-order valence-corrected chi connectivity index (χ0v) is 15.0. The molecule has 1 atom stereocenters. The minimum absolute atomic E-state index is 0.0425. The van der Waals surface area contributed by atoms with Crippen LogP contribution in [0.3, 0.4) is 0 Å². The number of benzene rings is 1. The van der Waals surface area contributed by atoms with Crippen LogP contribution in [0, 0.1) is 0 Å². The number of hydrogen-bond donors (Lipinski definition) is 0. The molecule has 27 heavy (non-hydrogen) atoms. The lowest BCUT2D eigenvalue weighted by Gasteiger charge is -2.35. The van der Waals surface area contributed by atoms with E-state index in [-0.39, 0.29) is 11.8 Å². The Kier molecular flexibility index (Phi) is 4.43. The molecule has 2 saturated heterocycles. The fraction of sp³-hybridized carbons (Fsp3) is 0.533. The van der Waals surface area contributed by atoms with Crippen LogP contribution in [0.15, 0.2) is 24.3 Å². The number of hydrogen-bond acceptors (Lipinski definition) is 6. The molecule has 8 nitrogen and oxygen atoms in total. The fourth-order valence-electron chi connectivity index (χ4n) is 3.55. The highest BCUT2D eigenvalue weighted by Crippen LogP contribution is 2.30. The molecule has 1 aromatic carbocycles. The summed E-state index contributed by atoms with van der Waals surface area (Å²) in [5.41, 5.74) is -0.301. The maximum absolute atomic E-state index is 12.7. The van der Waals surface area contributed by atoms with Gasteiger partial charge >= 0.3 is 6.18 Å². The molecule has 146 valence electrons. The Morgan fingerprint density at radius 3 is 2.59 bits per heavy atom. The summed E-state index contributed by atoms with van der Waals surface area (Å²) < 4.78 is 65.0. The summed E-state index contributed by atoms with van der Waals surface area (Å²) in [5, 5.41) is 11.5. The summed E-state index contributed by atoms with van der Waals surface area (Å²) in [5.74, 6) is 0.665. The molecule has 0 spiro atoms. The lowest BCUT2D eigenvalue weighted by molar-refractivity contribution is -0.137. The van der Waals surface area contributed by atoms with E-state index in [1.54, 1.807) is 4.31 Å². The van der Waals surface area contributed by atoms with Gasteiger partial charge in [-0.05, 0) is 41.1 Å². The third-order valence-corrected chi connectivity index (χ3v) is 6.86. The number of nitrogens with zero attached hydrogens (tertiary/aromatic N) is 6. The van der Waals surface area contributed by atoms with Gasteiger partial charge in [0, 0.05) is 25.7 Å². The Labute approximate surface area is 153 Å². The average molecular weight is 402 g/mol. The van der Waals surface area contributed by atoms with E-state index >= 15 is 0 Å². The summed E-state index contributed by atoms with van der Waals surface area (Å²) in [7, 11) is -3.13. The first-order valence-electron chi connectivity index (χ1n) is 8.41. The van der Waals surface area contributed by atoms with Crippen LogP contribution >= 0.6 is 0 Å². The highest BCUT2D eigenvalue weighted by molar-refractivity contribution is 7.89. The second-order valence-electron chi connectivity index (χ2n) is 6.66. The fourth-order valence-corrected chi connectivity index (χ4v) is 5.34. The van der Waals surface area contributed by atoms with Gasteiger partial charge < -0.3 is 0 Å². The second-order valence-corrected chi connectivity index (χ2v) is 8.70. The second kappa shape index (κ2) is 6.53. The van der Waals surface area contributed by atoms with E-state index in [1.807, 2.05) is 0 Å². The van der Waals surface area contributed by atoms with Crippen molar-refractivity contribution in [1.82, 2.24) is 29.4 Å². The summed E-state index contributed by atoms with van der Waals surface area (Å²) in [6.07, 6.45) is -3.80. The van der Waals surface area contributed by atoms with Gasteiger partial charge in [0.25, 0.3) is 0 Å². The maximum Gasteiger partial charge on any atom is 0.416 e. The number of halogens is 3. The van der Waals surface area contributed by atoms with Crippen LogP contribution in [-0.2, 0) is 22.7 Å². The zero-order chi connectivity index (χ0) is 19.2. The lowest BCUT2D eigenvalue weighted by atomic mass is 10.1. The highest BCUT2D eigenvalue weighted by Gasteiger charge is 2.40. The van der Waals surface area contributed by atoms with E-state index in [0.29, 0.717) is 44.1 Å². The molecule has 0 radical (unpaired) electrons.